The SMILES string of the molecule is CCCCCCCCCCCC(=O)NC(C)C[N+](C)(C)Cc1ccccc1. The fourth-order valence-electron chi connectivity index (χ4n) is 3.87. The van der Waals surface area contributed by atoms with Crippen LogP contribution in [0.5, 0.6) is 0 Å². The lowest BCUT2D eigenvalue weighted by Gasteiger charge is -2.32. The zero-order valence-electron chi connectivity index (χ0n) is 18.3. The number of quaternary nitrogens is 1. The van der Waals surface area contributed by atoms with Crippen LogP contribution in [-0.2, 0) is 11.3 Å². The molecule has 1 unspecified atom stereocenters. The Morgan fingerprint density at radius 1 is 0.926 bits per heavy atom. The molecule has 0 heterocycles. The quantitative estimate of drug-likeness (QED) is 0.310. The smallest absolute Gasteiger partial charge is 0.220 e. The molecule has 154 valence electrons. The average Bonchev–Trinajstić information content (AvgIpc) is 2.60. The standard InChI is InChI=1S/C24H42N2O/c1-5-6-7-8-9-10-11-12-16-19-24(27)25-22(2)20-26(3,4)21-23-17-14-13-15-18-23/h13-15,17-18,22H,5-12,16,19-21H2,1-4H3/p+1. The number of hydrogen-bond donors (Lipinski definition) is 1. The molecule has 3 nitrogen and oxygen atoms in total. The van der Waals surface area contributed by atoms with Gasteiger partial charge in [0, 0.05) is 12.0 Å². The Labute approximate surface area is 168 Å². The Balaban J connectivity index is 2.11. The van der Waals surface area contributed by atoms with Gasteiger partial charge in [-0.1, -0.05) is 88.6 Å². The van der Waals surface area contributed by atoms with Crippen molar-refractivity contribution in [2.24, 2.45) is 0 Å². The number of carbonyl (C=O) groups is 1. The highest BCUT2D eigenvalue weighted by atomic mass is 16.1. The Morgan fingerprint density at radius 2 is 1.48 bits per heavy atom. The normalized spacial score (nSPS) is 12.7. The van der Waals surface area contributed by atoms with Crippen LogP contribution in [0.1, 0.15) is 83.6 Å². The highest BCUT2D eigenvalue weighted by Crippen LogP contribution is 2.12. The second-order valence-electron chi connectivity index (χ2n) is 8.81. The first-order chi connectivity index (χ1) is 12.9. The van der Waals surface area contributed by atoms with E-state index in [1.807, 2.05) is 0 Å². The Morgan fingerprint density at radius 3 is 2.07 bits per heavy atom. The van der Waals surface area contributed by atoms with Gasteiger partial charge in [-0.05, 0) is 13.3 Å². The summed E-state index contributed by atoms with van der Waals surface area (Å²) >= 11 is 0. The van der Waals surface area contributed by atoms with Crippen LogP contribution in [0, 0.1) is 0 Å². The fraction of sp³-hybridized carbons (Fsp3) is 0.708. The second-order valence-corrected chi connectivity index (χ2v) is 8.81. The van der Waals surface area contributed by atoms with Crippen LogP contribution in [0.25, 0.3) is 0 Å². The Bertz CT molecular complexity index is 498. The van der Waals surface area contributed by atoms with Crippen molar-refractivity contribution in [3.8, 4) is 0 Å². The first-order valence-corrected chi connectivity index (χ1v) is 11.1. The van der Waals surface area contributed by atoms with Gasteiger partial charge in [0.2, 0.25) is 5.91 Å². The molecular weight excluding hydrogens is 332 g/mol. The van der Waals surface area contributed by atoms with Crippen molar-refractivity contribution >= 4 is 5.91 Å². The summed E-state index contributed by atoms with van der Waals surface area (Å²) in [6, 6.07) is 10.8. The predicted molar refractivity (Wildman–Crippen MR) is 117 cm³/mol. The molecule has 0 saturated heterocycles. The van der Waals surface area contributed by atoms with Gasteiger partial charge in [0.1, 0.15) is 6.54 Å². The van der Waals surface area contributed by atoms with Gasteiger partial charge in [0.15, 0.2) is 0 Å². The molecule has 1 aromatic carbocycles. The fourth-order valence-corrected chi connectivity index (χ4v) is 3.87. The summed E-state index contributed by atoms with van der Waals surface area (Å²) in [4.78, 5) is 12.2. The number of nitrogens with one attached hydrogen (secondary N) is 1. The van der Waals surface area contributed by atoms with E-state index in [-0.39, 0.29) is 11.9 Å². The van der Waals surface area contributed by atoms with Crippen LogP contribution in [0.3, 0.4) is 0 Å². The van der Waals surface area contributed by atoms with E-state index in [1.54, 1.807) is 0 Å². The molecule has 1 N–H and O–H groups in total. The van der Waals surface area contributed by atoms with Crippen LogP contribution in [0.15, 0.2) is 30.3 Å². The minimum absolute atomic E-state index is 0.203. The van der Waals surface area contributed by atoms with E-state index in [4.69, 9.17) is 0 Å². The Kier molecular flexibility index (Phi) is 12.1. The monoisotopic (exact) mass is 375 g/mol. The molecule has 0 fully saturated rings. The zero-order chi connectivity index (χ0) is 20.0. The third-order valence-electron chi connectivity index (χ3n) is 5.14. The summed E-state index contributed by atoms with van der Waals surface area (Å²) in [7, 11) is 4.46. The lowest BCUT2D eigenvalue weighted by molar-refractivity contribution is -0.904. The Hall–Kier alpha value is -1.35. The molecule has 0 radical (unpaired) electrons. The van der Waals surface area contributed by atoms with Crippen molar-refractivity contribution in [2.45, 2.75) is 90.6 Å². The molecular formula is C24H43N2O+. The molecule has 27 heavy (non-hydrogen) atoms. The third-order valence-corrected chi connectivity index (χ3v) is 5.14. The van der Waals surface area contributed by atoms with Gasteiger partial charge in [0.25, 0.3) is 0 Å². The average molecular weight is 376 g/mol. The van der Waals surface area contributed by atoms with Crippen LogP contribution in [0.2, 0.25) is 0 Å². The lowest BCUT2D eigenvalue weighted by Crippen LogP contribution is -2.49. The van der Waals surface area contributed by atoms with Gasteiger partial charge in [0.05, 0.1) is 26.7 Å². The lowest BCUT2D eigenvalue weighted by atomic mass is 10.1. The van der Waals surface area contributed by atoms with E-state index >= 15 is 0 Å². The highest BCUT2D eigenvalue weighted by molar-refractivity contribution is 5.76. The zero-order valence-corrected chi connectivity index (χ0v) is 18.3. The van der Waals surface area contributed by atoms with Gasteiger partial charge < -0.3 is 9.80 Å². The minimum Gasteiger partial charge on any atom is -0.348 e. The van der Waals surface area contributed by atoms with Crippen LogP contribution in [0.4, 0.5) is 0 Å². The maximum absolute atomic E-state index is 12.2. The topological polar surface area (TPSA) is 29.1 Å². The van der Waals surface area contributed by atoms with Gasteiger partial charge in [-0.3, -0.25) is 4.79 Å². The van der Waals surface area contributed by atoms with E-state index in [0.29, 0.717) is 6.42 Å². The summed E-state index contributed by atoms with van der Waals surface area (Å²) in [5, 5.41) is 3.19. The number of carbonyl (C=O) groups excluding carboxylic acids is 1. The molecule has 0 aliphatic heterocycles. The number of hydrogen-bond acceptors (Lipinski definition) is 1. The molecule has 1 rings (SSSR count). The second kappa shape index (κ2) is 13.8. The molecule has 3 heteroatoms. The summed E-state index contributed by atoms with van der Waals surface area (Å²) in [5.74, 6) is 0.213. The van der Waals surface area contributed by atoms with Crippen LogP contribution < -0.4 is 5.32 Å². The summed E-state index contributed by atoms with van der Waals surface area (Å²) in [6.07, 6.45) is 12.3. The number of likely N-dealkylation sites (N-methyl/N-ethyl adjacent to an activating group) is 1. The number of benzene rings is 1. The first kappa shape index (κ1) is 23.7. The molecule has 0 bridgehead atoms. The first-order valence-electron chi connectivity index (χ1n) is 11.1. The van der Waals surface area contributed by atoms with Crippen LogP contribution >= 0.6 is 0 Å². The number of rotatable bonds is 15. The van der Waals surface area contributed by atoms with Crippen molar-refractivity contribution in [2.75, 3.05) is 20.6 Å². The molecule has 1 amide bonds. The molecule has 0 saturated carbocycles. The molecule has 0 aliphatic rings. The van der Waals surface area contributed by atoms with E-state index < -0.39 is 0 Å². The van der Waals surface area contributed by atoms with Crippen molar-refractivity contribution in [1.82, 2.24) is 5.32 Å². The van der Waals surface area contributed by atoms with Crippen molar-refractivity contribution in [1.29, 1.82) is 0 Å². The summed E-state index contributed by atoms with van der Waals surface area (Å²) in [6.45, 7) is 6.31. The van der Waals surface area contributed by atoms with Gasteiger partial charge >= 0.3 is 0 Å². The van der Waals surface area contributed by atoms with E-state index in [9.17, 15) is 4.79 Å². The van der Waals surface area contributed by atoms with Crippen LogP contribution in [-0.4, -0.2) is 37.1 Å². The number of amides is 1. The van der Waals surface area contributed by atoms with E-state index in [1.165, 1.54) is 56.9 Å². The minimum atomic E-state index is 0.203. The predicted octanol–water partition coefficient (Wildman–Crippen LogP) is 5.69. The summed E-state index contributed by atoms with van der Waals surface area (Å²) in [5.41, 5.74) is 1.34. The number of unbranched alkanes of at least 4 members (excludes halogenated alkanes) is 8. The largest absolute Gasteiger partial charge is 0.348 e. The van der Waals surface area contributed by atoms with E-state index in [0.717, 1.165) is 24.0 Å². The van der Waals surface area contributed by atoms with Gasteiger partial charge in [-0.25, -0.2) is 0 Å². The van der Waals surface area contributed by atoms with Gasteiger partial charge in [-0.2, -0.15) is 0 Å². The number of nitrogens with zero attached hydrogens (tertiary/aromatic N) is 1. The molecule has 1 atom stereocenters. The van der Waals surface area contributed by atoms with Crippen molar-refractivity contribution in [3.05, 3.63) is 35.9 Å². The van der Waals surface area contributed by atoms with Gasteiger partial charge in [-0.15, -0.1) is 0 Å². The molecule has 0 spiro atoms. The highest BCUT2D eigenvalue weighted by Gasteiger charge is 2.20. The van der Waals surface area contributed by atoms with E-state index in [2.05, 4.69) is 63.6 Å². The molecule has 1 aromatic rings. The molecule has 0 aromatic heterocycles. The van der Waals surface area contributed by atoms with Crippen molar-refractivity contribution in [3.63, 3.8) is 0 Å². The maximum Gasteiger partial charge on any atom is 0.220 e. The maximum atomic E-state index is 12.2. The molecule has 0 aliphatic carbocycles. The van der Waals surface area contributed by atoms with Crippen molar-refractivity contribution < 1.29 is 9.28 Å². The summed E-state index contributed by atoms with van der Waals surface area (Å²) < 4.78 is 0.878. The third kappa shape index (κ3) is 12.6.